The van der Waals surface area contributed by atoms with Gasteiger partial charge in [-0.25, -0.2) is 4.79 Å². The number of methoxy groups -OCH3 is 1. The van der Waals surface area contributed by atoms with Crippen molar-refractivity contribution in [1.29, 1.82) is 0 Å². The maximum Gasteiger partial charge on any atom is 0.408 e. The molecule has 1 aromatic carbocycles. The molecule has 0 bridgehead atoms. The van der Waals surface area contributed by atoms with Gasteiger partial charge in [-0.1, -0.05) is 43.2 Å². The average Bonchev–Trinajstić information content (AvgIpc) is 2.72. The summed E-state index contributed by atoms with van der Waals surface area (Å²) in [6.45, 7) is 14.6. The van der Waals surface area contributed by atoms with Gasteiger partial charge in [-0.05, 0) is 59.4 Å². The molecule has 0 aliphatic rings. The van der Waals surface area contributed by atoms with E-state index in [-0.39, 0.29) is 19.0 Å². The van der Waals surface area contributed by atoms with Gasteiger partial charge in [0.25, 0.3) is 0 Å². The van der Waals surface area contributed by atoms with Crippen LogP contribution in [0, 0.1) is 19.8 Å². The maximum absolute atomic E-state index is 13.8. The van der Waals surface area contributed by atoms with Crippen molar-refractivity contribution in [3.05, 3.63) is 34.9 Å². The van der Waals surface area contributed by atoms with Crippen LogP contribution in [0.4, 0.5) is 4.79 Å². The minimum Gasteiger partial charge on any atom is -0.468 e. The number of nitrogens with zero attached hydrogens (tertiary/aromatic N) is 1. The number of aryl methyl sites for hydroxylation is 2. The fourth-order valence-electron chi connectivity index (χ4n) is 3.78. The van der Waals surface area contributed by atoms with E-state index in [4.69, 9.17) is 4.74 Å². The lowest BCUT2D eigenvalue weighted by Crippen LogP contribution is -2.53. The average molecular weight is 492 g/mol. The second-order valence-corrected chi connectivity index (χ2v) is 10.1. The molecular weight excluding hydrogens is 450 g/mol. The van der Waals surface area contributed by atoms with E-state index in [0.29, 0.717) is 12.0 Å². The number of carbonyl (C=O) groups is 4. The standard InChI is InChI=1S/C26H41N3O6/c1-10-29(24(32)20(11-16(2)3)28-25(33)35-26(6,7)8)22(23(31)27-15-21(30)34-9)19-13-17(4)12-18(5)14-19/h12-14,16,20,22H,10-11,15H2,1-9H3,(H,27,31)(H,28,33). The normalized spacial score (nSPS) is 13.0. The van der Waals surface area contributed by atoms with Crippen molar-refractivity contribution in [3.8, 4) is 0 Å². The molecule has 35 heavy (non-hydrogen) atoms. The van der Waals surface area contributed by atoms with Gasteiger partial charge in [0.05, 0.1) is 7.11 Å². The summed E-state index contributed by atoms with van der Waals surface area (Å²) in [5.74, 6) is -1.44. The number of esters is 1. The minimum atomic E-state index is -1.01. The highest BCUT2D eigenvalue weighted by atomic mass is 16.6. The lowest BCUT2D eigenvalue weighted by molar-refractivity contribution is -0.144. The van der Waals surface area contributed by atoms with E-state index in [1.807, 2.05) is 45.9 Å². The highest BCUT2D eigenvalue weighted by Crippen LogP contribution is 2.25. The number of amides is 3. The predicted molar refractivity (Wildman–Crippen MR) is 134 cm³/mol. The fourth-order valence-corrected chi connectivity index (χ4v) is 3.78. The molecule has 2 N–H and O–H groups in total. The van der Waals surface area contributed by atoms with Gasteiger partial charge in [0.15, 0.2) is 0 Å². The van der Waals surface area contributed by atoms with Crippen molar-refractivity contribution < 1.29 is 28.7 Å². The third kappa shape index (κ3) is 9.96. The Morgan fingerprint density at radius 1 is 1.03 bits per heavy atom. The second-order valence-electron chi connectivity index (χ2n) is 10.1. The van der Waals surface area contributed by atoms with E-state index in [2.05, 4.69) is 15.4 Å². The maximum atomic E-state index is 13.8. The summed E-state index contributed by atoms with van der Waals surface area (Å²) in [6, 6.07) is 3.74. The summed E-state index contributed by atoms with van der Waals surface area (Å²) < 4.78 is 9.99. The molecule has 0 aliphatic heterocycles. The molecule has 9 heteroatoms. The number of benzene rings is 1. The van der Waals surface area contributed by atoms with Gasteiger partial charge in [-0.2, -0.15) is 0 Å². The first-order valence-electron chi connectivity index (χ1n) is 11.9. The van der Waals surface area contributed by atoms with E-state index >= 15 is 0 Å². The van der Waals surface area contributed by atoms with Crippen molar-refractivity contribution in [2.24, 2.45) is 5.92 Å². The smallest absolute Gasteiger partial charge is 0.408 e. The number of alkyl carbamates (subject to hydrolysis) is 1. The van der Waals surface area contributed by atoms with E-state index in [0.717, 1.165) is 11.1 Å². The zero-order valence-corrected chi connectivity index (χ0v) is 22.5. The van der Waals surface area contributed by atoms with Gasteiger partial charge in [0.1, 0.15) is 24.2 Å². The van der Waals surface area contributed by atoms with Crippen LogP contribution in [0.25, 0.3) is 0 Å². The number of likely N-dealkylation sites (N-methyl/N-ethyl adjacent to an activating group) is 1. The summed E-state index contributed by atoms with van der Waals surface area (Å²) in [4.78, 5) is 52.7. The third-order valence-corrected chi connectivity index (χ3v) is 5.07. The van der Waals surface area contributed by atoms with Crippen molar-refractivity contribution in [2.75, 3.05) is 20.2 Å². The van der Waals surface area contributed by atoms with E-state index in [1.54, 1.807) is 27.7 Å². The topological polar surface area (TPSA) is 114 Å². The van der Waals surface area contributed by atoms with Gasteiger partial charge in [0.2, 0.25) is 11.8 Å². The molecule has 2 atom stereocenters. The largest absolute Gasteiger partial charge is 0.468 e. The fraction of sp³-hybridized carbons (Fsp3) is 0.615. The molecule has 0 heterocycles. The molecular formula is C26H41N3O6. The lowest BCUT2D eigenvalue weighted by Gasteiger charge is -2.34. The molecule has 0 aromatic heterocycles. The van der Waals surface area contributed by atoms with Crippen LogP contribution < -0.4 is 10.6 Å². The van der Waals surface area contributed by atoms with Gasteiger partial charge in [-0.3, -0.25) is 14.4 Å². The Balaban J connectivity index is 3.41. The highest BCUT2D eigenvalue weighted by Gasteiger charge is 2.36. The van der Waals surface area contributed by atoms with Gasteiger partial charge in [0, 0.05) is 6.54 Å². The number of rotatable bonds is 10. The summed E-state index contributed by atoms with van der Waals surface area (Å²) in [5.41, 5.74) is 1.75. The number of ether oxygens (including phenoxy) is 2. The molecule has 0 spiro atoms. The zero-order chi connectivity index (χ0) is 26.9. The van der Waals surface area contributed by atoms with Crippen LogP contribution in [0.5, 0.6) is 0 Å². The van der Waals surface area contributed by atoms with Crippen LogP contribution in [0.15, 0.2) is 18.2 Å². The van der Waals surface area contributed by atoms with Gasteiger partial charge < -0.3 is 25.0 Å². The van der Waals surface area contributed by atoms with Crippen molar-refractivity contribution in [3.63, 3.8) is 0 Å². The first-order chi connectivity index (χ1) is 16.2. The van der Waals surface area contributed by atoms with E-state index in [9.17, 15) is 19.2 Å². The monoisotopic (exact) mass is 491 g/mol. The number of nitrogens with one attached hydrogen (secondary N) is 2. The van der Waals surface area contributed by atoms with Gasteiger partial charge >= 0.3 is 12.1 Å². The first-order valence-corrected chi connectivity index (χ1v) is 11.9. The number of hydrogen-bond donors (Lipinski definition) is 2. The van der Waals surface area contributed by atoms with Crippen LogP contribution >= 0.6 is 0 Å². The Hall–Kier alpha value is -3.10. The summed E-state index contributed by atoms with van der Waals surface area (Å²) in [5, 5.41) is 5.26. The van der Waals surface area contributed by atoms with Crippen molar-refractivity contribution >= 4 is 23.9 Å². The first kappa shape index (κ1) is 29.9. The van der Waals surface area contributed by atoms with E-state index < -0.39 is 41.6 Å². The summed E-state index contributed by atoms with van der Waals surface area (Å²) >= 11 is 0. The molecule has 0 fully saturated rings. The SMILES string of the molecule is CCN(C(=O)C(CC(C)C)NC(=O)OC(C)(C)C)C(C(=O)NCC(=O)OC)c1cc(C)cc(C)c1. The molecule has 3 amide bonds. The molecule has 1 aromatic rings. The minimum absolute atomic E-state index is 0.0883. The highest BCUT2D eigenvalue weighted by molar-refractivity contribution is 5.93. The molecule has 196 valence electrons. The molecule has 0 saturated carbocycles. The van der Waals surface area contributed by atoms with Crippen molar-refractivity contribution in [1.82, 2.24) is 15.5 Å². The molecule has 0 radical (unpaired) electrons. The third-order valence-electron chi connectivity index (χ3n) is 5.07. The Morgan fingerprint density at radius 2 is 1.60 bits per heavy atom. The number of hydrogen-bond acceptors (Lipinski definition) is 6. The van der Waals surface area contributed by atoms with Crippen molar-refractivity contribution in [2.45, 2.75) is 79.5 Å². The predicted octanol–water partition coefficient (Wildman–Crippen LogP) is 3.42. The van der Waals surface area contributed by atoms with Crippen LogP contribution in [0.1, 0.15) is 70.7 Å². The molecule has 0 aliphatic carbocycles. The Labute approximate surface area is 208 Å². The van der Waals surface area contributed by atoms with Gasteiger partial charge in [-0.15, -0.1) is 0 Å². The molecule has 0 saturated heterocycles. The van der Waals surface area contributed by atoms with Crippen LogP contribution in [0.3, 0.4) is 0 Å². The summed E-state index contributed by atoms with van der Waals surface area (Å²) in [7, 11) is 1.23. The Bertz CT molecular complexity index is 887. The van der Waals surface area contributed by atoms with E-state index in [1.165, 1.54) is 12.0 Å². The zero-order valence-electron chi connectivity index (χ0n) is 22.5. The summed E-state index contributed by atoms with van der Waals surface area (Å²) in [6.07, 6.45) is -0.344. The lowest BCUT2D eigenvalue weighted by atomic mass is 9.97. The van der Waals surface area contributed by atoms with Crippen LogP contribution in [-0.2, 0) is 23.9 Å². The van der Waals surface area contributed by atoms with Crippen LogP contribution in [0.2, 0.25) is 0 Å². The van der Waals surface area contributed by atoms with Crippen LogP contribution in [-0.4, -0.2) is 60.6 Å². The Morgan fingerprint density at radius 3 is 2.06 bits per heavy atom. The Kier molecular flexibility index (Phi) is 11.2. The molecule has 2 unspecified atom stereocenters. The quantitative estimate of drug-likeness (QED) is 0.485. The second kappa shape index (κ2) is 13.1. The molecule has 9 nitrogen and oxygen atoms in total. The number of carbonyl (C=O) groups excluding carboxylic acids is 4. The molecule has 1 rings (SSSR count).